The Morgan fingerprint density at radius 1 is 1.52 bits per heavy atom. The molecular formula is C16H27N3O2. The van der Waals surface area contributed by atoms with E-state index >= 15 is 0 Å². The quantitative estimate of drug-likeness (QED) is 0.817. The van der Waals surface area contributed by atoms with E-state index in [1.165, 1.54) is 11.3 Å². The van der Waals surface area contributed by atoms with Crippen LogP contribution in [0.1, 0.15) is 68.8 Å². The highest BCUT2D eigenvalue weighted by Gasteiger charge is 2.28. The van der Waals surface area contributed by atoms with E-state index in [0.29, 0.717) is 38.0 Å². The predicted octanol–water partition coefficient (Wildman–Crippen LogP) is 2.34. The molecule has 1 aromatic rings. The number of fused-ring (bicyclic) bond motifs is 1. The van der Waals surface area contributed by atoms with Gasteiger partial charge in [-0.25, -0.2) is 0 Å². The fourth-order valence-electron chi connectivity index (χ4n) is 3.18. The number of nitrogens with zero attached hydrogens (tertiary/aromatic N) is 2. The molecule has 1 atom stereocenters. The lowest BCUT2D eigenvalue weighted by atomic mass is 9.83. The van der Waals surface area contributed by atoms with Gasteiger partial charge in [-0.15, -0.1) is 0 Å². The molecule has 2 N–H and O–H groups in total. The summed E-state index contributed by atoms with van der Waals surface area (Å²) in [6.45, 7) is 7.88. The number of esters is 1. The number of hydrogen-bond acceptors (Lipinski definition) is 4. The van der Waals surface area contributed by atoms with Crippen LogP contribution < -0.4 is 5.73 Å². The molecule has 118 valence electrons. The number of carbonyl (C=O) groups excluding carboxylic acids is 1. The Hall–Kier alpha value is -1.36. The summed E-state index contributed by atoms with van der Waals surface area (Å²) >= 11 is 0. The van der Waals surface area contributed by atoms with Crippen molar-refractivity contribution in [1.82, 2.24) is 9.78 Å². The maximum Gasteiger partial charge on any atom is 0.307 e. The average molecular weight is 293 g/mol. The molecule has 0 spiro atoms. The van der Waals surface area contributed by atoms with Gasteiger partial charge in [-0.2, -0.15) is 5.10 Å². The molecule has 0 bridgehead atoms. The molecule has 1 aliphatic carbocycles. The van der Waals surface area contributed by atoms with Gasteiger partial charge in [0.25, 0.3) is 0 Å². The first-order valence-electron chi connectivity index (χ1n) is 8.03. The first-order chi connectivity index (χ1) is 10.1. The van der Waals surface area contributed by atoms with E-state index in [1.807, 2.05) is 11.6 Å². The molecule has 5 heteroatoms. The fourth-order valence-corrected chi connectivity index (χ4v) is 3.18. The van der Waals surface area contributed by atoms with Crippen LogP contribution in [0.3, 0.4) is 0 Å². The minimum Gasteiger partial charge on any atom is -0.466 e. The second-order valence-electron chi connectivity index (χ2n) is 6.00. The molecule has 0 saturated carbocycles. The lowest BCUT2D eigenvalue weighted by molar-refractivity contribution is -0.143. The van der Waals surface area contributed by atoms with Crippen LogP contribution in [-0.2, 0) is 22.5 Å². The van der Waals surface area contributed by atoms with Gasteiger partial charge in [0.2, 0.25) is 0 Å². The van der Waals surface area contributed by atoms with Crippen molar-refractivity contribution in [2.24, 2.45) is 5.73 Å². The molecule has 0 saturated heterocycles. The summed E-state index contributed by atoms with van der Waals surface area (Å²) in [6.07, 6.45) is 3.71. The van der Waals surface area contributed by atoms with E-state index in [-0.39, 0.29) is 5.97 Å². The van der Waals surface area contributed by atoms with Crippen LogP contribution in [0.15, 0.2) is 0 Å². The van der Waals surface area contributed by atoms with E-state index in [0.717, 1.165) is 25.0 Å². The topological polar surface area (TPSA) is 70.1 Å². The van der Waals surface area contributed by atoms with Gasteiger partial charge in [0.05, 0.1) is 25.3 Å². The van der Waals surface area contributed by atoms with E-state index in [2.05, 4.69) is 13.8 Å². The Morgan fingerprint density at radius 3 is 2.90 bits per heavy atom. The third-order valence-corrected chi connectivity index (χ3v) is 4.17. The normalized spacial score (nSPS) is 17.9. The summed E-state index contributed by atoms with van der Waals surface area (Å²) < 4.78 is 7.02. The summed E-state index contributed by atoms with van der Waals surface area (Å²) in [5, 5.41) is 4.77. The van der Waals surface area contributed by atoms with Crippen molar-refractivity contribution in [3.63, 3.8) is 0 Å². The molecule has 21 heavy (non-hydrogen) atoms. The Morgan fingerprint density at radius 2 is 2.29 bits per heavy atom. The number of aromatic nitrogens is 2. The third-order valence-electron chi connectivity index (χ3n) is 4.17. The maximum atomic E-state index is 11.6. The highest BCUT2D eigenvalue weighted by atomic mass is 16.5. The average Bonchev–Trinajstić information content (AvgIpc) is 2.84. The third kappa shape index (κ3) is 3.46. The first kappa shape index (κ1) is 16.0. The largest absolute Gasteiger partial charge is 0.466 e. The van der Waals surface area contributed by atoms with Gasteiger partial charge in [0, 0.05) is 11.3 Å². The van der Waals surface area contributed by atoms with Gasteiger partial charge in [-0.1, -0.05) is 13.8 Å². The number of nitrogens with two attached hydrogens (primary N) is 1. The summed E-state index contributed by atoms with van der Waals surface area (Å²) in [5.74, 6) is 0.649. The number of carbonyl (C=O) groups is 1. The van der Waals surface area contributed by atoms with Crippen molar-refractivity contribution in [2.75, 3.05) is 13.2 Å². The van der Waals surface area contributed by atoms with Gasteiger partial charge in [0.15, 0.2) is 0 Å². The molecule has 1 aromatic heterocycles. The molecule has 0 aliphatic heterocycles. The van der Waals surface area contributed by atoms with Crippen molar-refractivity contribution in [2.45, 2.75) is 64.8 Å². The first-order valence-corrected chi connectivity index (χ1v) is 8.03. The Labute approximate surface area is 126 Å². The molecule has 1 heterocycles. The number of aryl methyl sites for hydroxylation is 1. The van der Waals surface area contributed by atoms with Crippen LogP contribution in [0, 0.1) is 0 Å². The van der Waals surface area contributed by atoms with Crippen LogP contribution in [0.2, 0.25) is 0 Å². The van der Waals surface area contributed by atoms with E-state index in [9.17, 15) is 4.79 Å². The summed E-state index contributed by atoms with van der Waals surface area (Å²) in [6, 6.07) is 0. The number of hydrogen-bond donors (Lipinski definition) is 1. The Balaban J connectivity index is 2.24. The van der Waals surface area contributed by atoms with E-state index in [1.54, 1.807) is 0 Å². The van der Waals surface area contributed by atoms with Crippen LogP contribution in [0.25, 0.3) is 0 Å². The van der Waals surface area contributed by atoms with Gasteiger partial charge in [-0.05, 0) is 44.6 Å². The van der Waals surface area contributed by atoms with Crippen molar-refractivity contribution >= 4 is 5.97 Å². The van der Waals surface area contributed by atoms with Gasteiger partial charge < -0.3 is 10.5 Å². The zero-order chi connectivity index (χ0) is 15.4. The standard InChI is InChI=1S/C16H27N3O2/c1-4-21-14(20)8-9-19-13-7-5-6-12(10-17)15(13)16(18-19)11(2)3/h11-12H,4-10,17H2,1-3H3. The second-order valence-corrected chi connectivity index (χ2v) is 6.00. The molecule has 0 radical (unpaired) electrons. The molecule has 1 aliphatic rings. The monoisotopic (exact) mass is 293 g/mol. The maximum absolute atomic E-state index is 11.6. The van der Waals surface area contributed by atoms with Crippen molar-refractivity contribution in [3.8, 4) is 0 Å². The minimum absolute atomic E-state index is 0.154. The molecule has 0 aromatic carbocycles. The Bertz CT molecular complexity index is 494. The van der Waals surface area contributed by atoms with E-state index in [4.69, 9.17) is 15.6 Å². The van der Waals surface area contributed by atoms with Gasteiger partial charge >= 0.3 is 5.97 Å². The lowest BCUT2D eigenvalue weighted by Crippen LogP contribution is -2.20. The number of rotatable bonds is 6. The molecule has 1 unspecified atom stereocenters. The summed E-state index contributed by atoms with van der Waals surface area (Å²) in [5.41, 5.74) is 9.74. The van der Waals surface area contributed by atoms with Crippen molar-refractivity contribution in [3.05, 3.63) is 17.0 Å². The predicted molar refractivity (Wildman–Crippen MR) is 82.3 cm³/mol. The van der Waals surface area contributed by atoms with Crippen LogP contribution in [0.5, 0.6) is 0 Å². The SMILES string of the molecule is CCOC(=O)CCn1nc(C(C)C)c2c1CCCC2CN. The van der Waals surface area contributed by atoms with Crippen LogP contribution in [-0.4, -0.2) is 28.9 Å². The fraction of sp³-hybridized carbons (Fsp3) is 0.750. The zero-order valence-electron chi connectivity index (χ0n) is 13.4. The second kappa shape index (κ2) is 7.07. The van der Waals surface area contributed by atoms with Crippen molar-refractivity contribution < 1.29 is 9.53 Å². The van der Waals surface area contributed by atoms with Gasteiger partial charge in [0.1, 0.15) is 0 Å². The Kier molecular flexibility index (Phi) is 5.39. The van der Waals surface area contributed by atoms with Crippen LogP contribution >= 0.6 is 0 Å². The highest BCUT2D eigenvalue weighted by molar-refractivity contribution is 5.69. The molecule has 0 amide bonds. The molecule has 2 rings (SSSR count). The minimum atomic E-state index is -0.154. The number of ether oxygens (including phenoxy) is 1. The molecule has 5 nitrogen and oxygen atoms in total. The van der Waals surface area contributed by atoms with Crippen molar-refractivity contribution in [1.29, 1.82) is 0 Å². The summed E-state index contributed by atoms with van der Waals surface area (Å²) in [7, 11) is 0. The van der Waals surface area contributed by atoms with Gasteiger partial charge in [-0.3, -0.25) is 9.48 Å². The summed E-state index contributed by atoms with van der Waals surface area (Å²) in [4.78, 5) is 11.6. The van der Waals surface area contributed by atoms with Crippen LogP contribution in [0.4, 0.5) is 0 Å². The smallest absolute Gasteiger partial charge is 0.307 e. The van der Waals surface area contributed by atoms with E-state index < -0.39 is 0 Å². The molecule has 0 fully saturated rings. The lowest BCUT2D eigenvalue weighted by Gasteiger charge is -2.23. The molecular weight excluding hydrogens is 266 g/mol. The highest BCUT2D eigenvalue weighted by Crippen LogP contribution is 2.36. The zero-order valence-corrected chi connectivity index (χ0v) is 13.4.